The van der Waals surface area contributed by atoms with E-state index in [1.165, 1.54) is 38.6 Å². The first kappa shape index (κ1) is 18.2. The Labute approximate surface area is 152 Å². The van der Waals surface area contributed by atoms with Gasteiger partial charge in [-0.2, -0.15) is 0 Å². The molecule has 11 nitrogen and oxygen atoms in total. The second-order valence-corrected chi connectivity index (χ2v) is 6.14. The van der Waals surface area contributed by atoms with Crippen LogP contribution in [0.3, 0.4) is 0 Å². The summed E-state index contributed by atoms with van der Waals surface area (Å²) in [5, 5.41) is 4.07. The van der Waals surface area contributed by atoms with Crippen molar-refractivity contribution in [1.29, 1.82) is 0 Å². The van der Waals surface area contributed by atoms with Gasteiger partial charge in [-0.05, 0) is 17.7 Å². The molecule has 0 aliphatic carbocycles. The molecule has 2 saturated heterocycles. The SMILES string of the molecule is CN1C(=O)NC(=O)[C@@H](C(c2ccncc2)[C@@H]2C(=O)NC(=O)N(C)C2=O)C1=O. The van der Waals surface area contributed by atoms with E-state index >= 15 is 0 Å². The van der Waals surface area contributed by atoms with Crippen LogP contribution in [-0.2, 0) is 19.2 Å². The topological polar surface area (TPSA) is 146 Å². The lowest BCUT2D eigenvalue weighted by Crippen LogP contribution is -2.63. The molecular formula is C16H15N5O6. The fourth-order valence-corrected chi connectivity index (χ4v) is 3.17. The van der Waals surface area contributed by atoms with Crippen molar-refractivity contribution in [2.24, 2.45) is 11.8 Å². The van der Waals surface area contributed by atoms with Crippen LogP contribution in [-0.4, -0.2) is 64.6 Å². The van der Waals surface area contributed by atoms with Gasteiger partial charge in [0, 0.05) is 32.4 Å². The standard InChI is InChI=1S/C16H15N5O6/c1-20-13(24)9(11(22)18-15(20)26)8(7-3-5-17-6-4-7)10-12(23)19-16(27)21(2)14(10)25/h3-6,8-10H,1-2H3,(H,18,22,26)(H,19,23,27)/t9-,10-/m1/s1. The predicted octanol–water partition coefficient (Wildman–Crippen LogP) is -1.19. The summed E-state index contributed by atoms with van der Waals surface area (Å²) in [7, 11) is 2.36. The minimum Gasteiger partial charge on any atom is -0.277 e. The van der Waals surface area contributed by atoms with Crippen LogP contribution >= 0.6 is 0 Å². The molecule has 0 bridgehead atoms. The van der Waals surface area contributed by atoms with Gasteiger partial charge in [-0.3, -0.25) is 44.6 Å². The van der Waals surface area contributed by atoms with Gasteiger partial charge < -0.3 is 0 Å². The maximum atomic E-state index is 12.7. The van der Waals surface area contributed by atoms with E-state index in [9.17, 15) is 28.8 Å². The van der Waals surface area contributed by atoms with Crippen molar-refractivity contribution in [2.45, 2.75) is 5.92 Å². The molecule has 0 spiro atoms. The Morgan fingerprint density at radius 1 is 0.815 bits per heavy atom. The summed E-state index contributed by atoms with van der Waals surface area (Å²) in [6, 6.07) is 1.11. The van der Waals surface area contributed by atoms with Gasteiger partial charge in [0.15, 0.2) is 0 Å². The van der Waals surface area contributed by atoms with Crippen molar-refractivity contribution in [2.75, 3.05) is 14.1 Å². The maximum Gasteiger partial charge on any atom is 0.330 e. The molecule has 1 aromatic rings. The van der Waals surface area contributed by atoms with E-state index in [4.69, 9.17) is 0 Å². The Bertz CT molecular complexity index is 817. The summed E-state index contributed by atoms with van der Waals surface area (Å²) in [4.78, 5) is 78.9. The normalized spacial score (nSPS) is 23.7. The monoisotopic (exact) mass is 373 g/mol. The minimum atomic E-state index is -1.52. The second kappa shape index (κ2) is 6.59. The van der Waals surface area contributed by atoms with Gasteiger partial charge in [0.2, 0.25) is 23.6 Å². The smallest absolute Gasteiger partial charge is 0.277 e. The van der Waals surface area contributed by atoms with Crippen molar-refractivity contribution in [1.82, 2.24) is 25.4 Å². The molecule has 3 heterocycles. The molecule has 0 unspecified atom stereocenters. The van der Waals surface area contributed by atoms with Crippen molar-refractivity contribution < 1.29 is 28.8 Å². The van der Waals surface area contributed by atoms with Crippen molar-refractivity contribution >= 4 is 35.7 Å². The van der Waals surface area contributed by atoms with Gasteiger partial charge in [-0.1, -0.05) is 0 Å². The van der Waals surface area contributed by atoms with Gasteiger partial charge in [0.05, 0.1) is 0 Å². The number of pyridine rings is 1. The average molecular weight is 373 g/mol. The van der Waals surface area contributed by atoms with Gasteiger partial charge in [-0.15, -0.1) is 0 Å². The third-order valence-electron chi connectivity index (χ3n) is 4.64. The number of nitrogens with zero attached hydrogens (tertiary/aromatic N) is 3. The molecule has 11 heteroatoms. The summed E-state index contributed by atoms with van der Waals surface area (Å²) < 4.78 is 0. The van der Waals surface area contributed by atoms with E-state index in [0.717, 1.165) is 0 Å². The van der Waals surface area contributed by atoms with Crippen molar-refractivity contribution in [3.05, 3.63) is 30.1 Å². The second-order valence-electron chi connectivity index (χ2n) is 6.14. The Morgan fingerprint density at radius 3 is 1.63 bits per heavy atom. The lowest BCUT2D eigenvalue weighted by molar-refractivity contribution is -0.147. The molecule has 2 N–H and O–H groups in total. The number of nitrogens with one attached hydrogen (secondary N) is 2. The van der Waals surface area contributed by atoms with E-state index in [1.807, 2.05) is 10.6 Å². The Kier molecular flexibility index (Phi) is 4.44. The number of rotatable bonds is 3. The van der Waals surface area contributed by atoms with E-state index in [0.29, 0.717) is 15.4 Å². The molecule has 2 aliphatic heterocycles. The van der Waals surface area contributed by atoms with Gasteiger partial charge in [0.25, 0.3) is 0 Å². The van der Waals surface area contributed by atoms with Crippen LogP contribution < -0.4 is 10.6 Å². The lowest BCUT2D eigenvalue weighted by atomic mass is 9.73. The first-order valence-electron chi connectivity index (χ1n) is 7.88. The fourth-order valence-electron chi connectivity index (χ4n) is 3.17. The number of imide groups is 4. The molecule has 2 fully saturated rings. The van der Waals surface area contributed by atoms with Gasteiger partial charge in [0.1, 0.15) is 11.8 Å². The number of aromatic nitrogens is 1. The maximum absolute atomic E-state index is 12.7. The Hall–Kier alpha value is -3.63. The van der Waals surface area contributed by atoms with Crippen LogP contribution in [0.4, 0.5) is 9.59 Å². The summed E-state index contributed by atoms with van der Waals surface area (Å²) in [5.41, 5.74) is 0.317. The zero-order valence-corrected chi connectivity index (χ0v) is 14.3. The number of carbonyl (C=O) groups is 6. The highest BCUT2D eigenvalue weighted by Crippen LogP contribution is 2.37. The van der Waals surface area contributed by atoms with E-state index in [1.54, 1.807) is 0 Å². The molecule has 27 heavy (non-hydrogen) atoms. The van der Waals surface area contributed by atoms with Crippen LogP contribution in [0.5, 0.6) is 0 Å². The Morgan fingerprint density at radius 2 is 1.22 bits per heavy atom. The first-order chi connectivity index (χ1) is 12.7. The summed E-state index contributed by atoms with van der Waals surface area (Å²) in [6.45, 7) is 0. The third-order valence-corrected chi connectivity index (χ3v) is 4.64. The van der Waals surface area contributed by atoms with Crippen LogP contribution in [0.1, 0.15) is 11.5 Å². The average Bonchev–Trinajstić information content (AvgIpc) is 2.64. The van der Waals surface area contributed by atoms with E-state index in [2.05, 4.69) is 4.98 Å². The summed E-state index contributed by atoms with van der Waals surface area (Å²) >= 11 is 0. The molecule has 3 rings (SSSR count). The zero-order chi connectivity index (χ0) is 19.9. The number of carbonyl (C=O) groups excluding carboxylic acids is 6. The van der Waals surface area contributed by atoms with E-state index in [-0.39, 0.29) is 0 Å². The fraction of sp³-hybridized carbons (Fsp3) is 0.312. The number of hydrogen-bond acceptors (Lipinski definition) is 7. The van der Waals surface area contributed by atoms with Crippen molar-refractivity contribution in [3.8, 4) is 0 Å². The molecule has 2 atom stereocenters. The van der Waals surface area contributed by atoms with Crippen LogP contribution in [0.15, 0.2) is 24.5 Å². The number of urea groups is 2. The first-order valence-corrected chi connectivity index (χ1v) is 7.88. The molecule has 0 radical (unpaired) electrons. The van der Waals surface area contributed by atoms with Crippen LogP contribution in [0.2, 0.25) is 0 Å². The molecule has 0 saturated carbocycles. The largest absolute Gasteiger partial charge is 0.330 e. The molecule has 8 amide bonds. The number of amides is 8. The quantitative estimate of drug-likeness (QED) is 0.634. The van der Waals surface area contributed by atoms with E-state index < -0.39 is 53.4 Å². The highest BCUT2D eigenvalue weighted by molar-refractivity contribution is 6.20. The van der Waals surface area contributed by atoms with Gasteiger partial charge in [-0.25, -0.2) is 9.59 Å². The molecule has 140 valence electrons. The number of barbiturate groups is 2. The molecule has 1 aromatic heterocycles. The van der Waals surface area contributed by atoms with Crippen LogP contribution in [0, 0.1) is 11.8 Å². The highest BCUT2D eigenvalue weighted by atomic mass is 16.2. The highest BCUT2D eigenvalue weighted by Gasteiger charge is 2.53. The summed E-state index contributed by atoms with van der Waals surface area (Å²) in [6.07, 6.45) is 2.75. The predicted molar refractivity (Wildman–Crippen MR) is 86.6 cm³/mol. The van der Waals surface area contributed by atoms with Crippen LogP contribution in [0.25, 0.3) is 0 Å². The van der Waals surface area contributed by atoms with Gasteiger partial charge >= 0.3 is 12.1 Å². The molecule has 2 aliphatic rings. The zero-order valence-electron chi connectivity index (χ0n) is 14.3. The third kappa shape index (κ3) is 2.92. The Balaban J connectivity index is 2.13. The molecular weight excluding hydrogens is 358 g/mol. The number of hydrogen-bond donors (Lipinski definition) is 2. The van der Waals surface area contributed by atoms with Crippen molar-refractivity contribution in [3.63, 3.8) is 0 Å². The summed E-state index contributed by atoms with van der Waals surface area (Å²) in [5.74, 6) is -7.83. The lowest BCUT2D eigenvalue weighted by Gasteiger charge is -2.38. The molecule has 0 aromatic carbocycles. The minimum absolute atomic E-state index is 0.317.